The molecule has 0 atom stereocenters. The number of nitriles is 1. The molecule has 2 aromatic carbocycles. The van der Waals surface area contributed by atoms with Crippen LogP contribution in [0, 0.1) is 11.3 Å². The summed E-state index contributed by atoms with van der Waals surface area (Å²) in [5, 5.41) is 11.5. The maximum atomic E-state index is 12.5. The third kappa shape index (κ3) is 5.00. The maximum Gasteiger partial charge on any atom is 0.243 e. The van der Waals surface area contributed by atoms with Gasteiger partial charge in [0.05, 0.1) is 37.3 Å². The van der Waals surface area contributed by atoms with Crippen LogP contribution in [-0.2, 0) is 21.4 Å². The maximum absolute atomic E-state index is 12.5. The van der Waals surface area contributed by atoms with Crippen molar-refractivity contribution in [2.24, 2.45) is 0 Å². The van der Waals surface area contributed by atoms with Gasteiger partial charge in [-0.25, -0.2) is 8.42 Å². The molecular weight excluding hydrogens is 382 g/mol. The van der Waals surface area contributed by atoms with Crippen molar-refractivity contribution >= 4 is 15.9 Å². The first-order valence-corrected chi connectivity index (χ1v) is 9.70. The van der Waals surface area contributed by atoms with Crippen LogP contribution in [0.3, 0.4) is 0 Å². The molecule has 0 unspecified atom stereocenters. The minimum atomic E-state index is -3.84. The van der Waals surface area contributed by atoms with Crippen molar-refractivity contribution in [1.29, 1.82) is 5.26 Å². The van der Waals surface area contributed by atoms with Gasteiger partial charge in [0.1, 0.15) is 0 Å². The van der Waals surface area contributed by atoms with E-state index < -0.39 is 15.9 Å². The van der Waals surface area contributed by atoms with Gasteiger partial charge in [-0.05, 0) is 42.0 Å². The Balaban J connectivity index is 1.99. The first-order chi connectivity index (χ1) is 13.3. The molecule has 28 heavy (non-hydrogen) atoms. The Morgan fingerprint density at radius 3 is 2.32 bits per heavy atom. The summed E-state index contributed by atoms with van der Waals surface area (Å²) in [7, 11) is 0.536. The number of hydrogen-bond acceptors (Lipinski definition) is 6. The Morgan fingerprint density at radius 2 is 1.75 bits per heavy atom. The van der Waals surface area contributed by atoms with E-state index in [0.29, 0.717) is 17.1 Å². The normalized spacial score (nSPS) is 11.0. The van der Waals surface area contributed by atoms with Crippen molar-refractivity contribution in [1.82, 2.24) is 9.62 Å². The lowest BCUT2D eigenvalue weighted by Gasteiger charge is -2.17. The average molecular weight is 403 g/mol. The zero-order chi connectivity index (χ0) is 20.7. The van der Waals surface area contributed by atoms with Crippen LogP contribution in [0.2, 0.25) is 0 Å². The van der Waals surface area contributed by atoms with E-state index in [-0.39, 0.29) is 18.0 Å². The molecule has 0 aliphatic rings. The van der Waals surface area contributed by atoms with Crippen LogP contribution < -0.4 is 14.8 Å². The second kappa shape index (κ2) is 9.21. The molecule has 0 saturated carbocycles. The van der Waals surface area contributed by atoms with E-state index in [2.05, 4.69) is 5.32 Å². The van der Waals surface area contributed by atoms with Crippen molar-refractivity contribution in [2.75, 3.05) is 27.8 Å². The smallest absolute Gasteiger partial charge is 0.243 e. The lowest BCUT2D eigenvalue weighted by atomic mass is 10.2. The van der Waals surface area contributed by atoms with E-state index in [1.165, 1.54) is 45.5 Å². The molecule has 0 heterocycles. The van der Waals surface area contributed by atoms with Gasteiger partial charge in [-0.15, -0.1) is 0 Å². The van der Waals surface area contributed by atoms with E-state index >= 15 is 0 Å². The molecule has 148 valence electrons. The molecule has 0 saturated heterocycles. The minimum Gasteiger partial charge on any atom is -0.493 e. The summed E-state index contributed by atoms with van der Waals surface area (Å²) < 4.78 is 36.4. The zero-order valence-electron chi connectivity index (χ0n) is 15.8. The SMILES string of the molecule is COc1ccc(CNC(=O)CN(C)S(=O)(=O)c2ccc(C#N)cc2)cc1OC. The largest absolute Gasteiger partial charge is 0.493 e. The molecule has 1 amide bonds. The summed E-state index contributed by atoms with van der Waals surface area (Å²) in [6.45, 7) is -0.125. The fraction of sp³-hybridized carbons (Fsp3) is 0.263. The molecule has 0 bridgehead atoms. The predicted molar refractivity (Wildman–Crippen MR) is 102 cm³/mol. The zero-order valence-corrected chi connectivity index (χ0v) is 16.6. The Bertz CT molecular complexity index is 982. The van der Waals surface area contributed by atoms with Gasteiger partial charge in [0.2, 0.25) is 15.9 Å². The average Bonchev–Trinajstić information content (AvgIpc) is 2.71. The molecule has 0 radical (unpaired) electrons. The van der Waals surface area contributed by atoms with Gasteiger partial charge in [0.15, 0.2) is 11.5 Å². The van der Waals surface area contributed by atoms with Crippen LogP contribution in [0.4, 0.5) is 0 Å². The molecule has 0 aliphatic heterocycles. The fourth-order valence-corrected chi connectivity index (χ4v) is 3.54. The number of likely N-dealkylation sites (N-methyl/N-ethyl adjacent to an activating group) is 1. The van der Waals surface area contributed by atoms with Crippen LogP contribution in [0.15, 0.2) is 47.4 Å². The first kappa shape index (κ1) is 21.2. The van der Waals surface area contributed by atoms with E-state index in [9.17, 15) is 13.2 Å². The third-order valence-electron chi connectivity index (χ3n) is 4.00. The number of rotatable bonds is 8. The number of nitrogens with one attached hydrogen (secondary N) is 1. The van der Waals surface area contributed by atoms with Crippen LogP contribution in [0.5, 0.6) is 11.5 Å². The Hall–Kier alpha value is -3.09. The third-order valence-corrected chi connectivity index (χ3v) is 5.81. The summed E-state index contributed by atoms with van der Waals surface area (Å²) in [5.74, 6) is 0.662. The Labute approximate surface area is 164 Å². The number of nitrogens with zero attached hydrogens (tertiary/aromatic N) is 2. The second-order valence-corrected chi connectivity index (χ2v) is 7.91. The quantitative estimate of drug-likeness (QED) is 0.716. The summed E-state index contributed by atoms with van der Waals surface area (Å²) in [4.78, 5) is 12.2. The minimum absolute atomic E-state index is 0.0155. The molecule has 0 aliphatic carbocycles. The number of ether oxygens (including phenoxy) is 2. The van der Waals surface area contributed by atoms with Crippen LogP contribution in [0.1, 0.15) is 11.1 Å². The highest BCUT2D eigenvalue weighted by molar-refractivity contribution is 7.89. The number of hydrogen-bond donors (Lipinski definition) is 1. The van der Waals surface area contributed by atoms with Crippen molar-refractivity contribution in [3.05, 3.63) is 53.6 Å². The predicted octanol–water partition coefficient (Wildman–Crippen LogP) is 1.51. The Morgan fingerprint density at radius 1 is 1.11 bits per heavy atom. The molecule has 2 aromatic rings. The van der Waals surface area contributed by atoms with Crippen LogP contribution in [0.25, 0.3) is 0 Å². The topological polar surface area (TPSA) is 109 Å². The van der Waals surface area contributed by atoms with E-state index in [1.807, 2.05) is 6.07 Å². The first-order valence-electron chi connectivity index (χ1n) is 8.26. The highest BCUT2D eigenvalue weighted by atomic mass is 32.2. The fourth-order valence-electron chi connectivity index (χ4n) is 2.42. The summed E-state index contributed by atoms with van der Waals surface area (Å²) in [6.07, 6.45) is 0. The van der Waals surface area contributed by atoms with Crippen LogP contribution in [-0.4, -0.2) is 46.4 Å². The van der Waals surface area contributed by atoms with Crippen LogP contribution >= 0.6 is 0 Å². The van der Waals surface area contributed by atoms with E-state index in [1.54, 1.807) is 18.2 Å². The summed E-state index contributed by atoms with van der Waals surface area (Å²) in [5.41, 5.74) is 1.14. The van der Waals surface area contributed by atoms with Gasteiger partial charge in [-0.2, -0.15) is 9.57 Å². The number of benzene rings is 2. The lowest BCUT2D eigenvalue weighted by molar-refractivity contribution is -0.121. The summed E-state index contributed by atoms with van der Waals surface area (Å²) >= 11 is 0. The molecule has 0 spiro atoms. The van der Waals surface area contributed by atoms with Gasteiger partial charge in [-0.3, -0.25) is 4.79 Å². The van der Waals surface area contributed by atoms with Gasteiger partial charge < -0.3 is 14.8 Å². The monoisotopic (exact) mass is 403 g/mol. The van der Waals surface area contributed by atoms with Crippen molar-refractivity contribution < 1.29 is 22.7 Å². The summed E-state index contributed by atoms with van der Waals surface area (Å²) in [6, 6.07) is 12.7. The number of methoxy groups -OCH3 is 2. The molecule has 2 rings (SSSR count). The molecular formula is C19H21N3O5S. The molecule has 8 nitrogen and oxygen atoms in total. The number of carbonyl (C=O) groups excluding carboxylic acids is 1. The number of amides is 1. The Kier molecular flexibility index (Phi) is 6.98. The van der Waals surface area contributed by atoms with Gasteiger partial charge in [-0.1, -0.05) is 6.07 Å². The molecule has 0 fully saturated rings. The molecule has 1 N–H and O–H groups in total. The second-order valence-electron chi connectivity index (χ2n) is 5.86. The van der Waals surface area contributed by atoms with E-state index in [4.69, 9.17) is 14.7 Å². The standard InChI is InChI=1S/C19H21N3O5S/c1-22(28(24,25)16-7-4-14(11-20)5-8-16)13-19(23)21-12-15-6-9-17(26-2)18(10-15)27-3/h4-10H,12-13H2,1-3H3,(H,21,23). The van der Waals surface area contributed by atoms with Gasteiger partial charge >= 0.3 is 0 Å². The highest BCUT2D eigenvalue weighted by Gasteiger charge is 2.22. The van der Waals surface area contributed by atoms with Gasteiger partial charge in [0.25, 0.3) is 0 Å². The van der Waals surface area contributed by atoms with Crippen molar-refractivity contribution in [3.63, 3.8) is 0 Å². The van der Waals surface area contributed by atoms with E-state index in [0.717, 1.165) is 9.87 Å². The van der Waals surface area contributed by atoms with Crippen molar-refractivity contribution in [2.45, 2.75) is 11.4 Å². The molecule has 9 heteroatoms. The van der Waals surface area contributed by atoms with Crippen molar-refractivity contribution in [3.8, 4) is 17.6 Å². The van der Waals surface area contributed by atoms with Gasteiger partial charge in [0, 0.05) is 13.6 Å². The number of sulfonamides is 1. The molecule has 0 aromatic heterocycles. The lowest BCUT2D eigenvalue weighted by Crippen LogP contribution is -2.38. The highest BCUT2D eigenvalue weighted by Crippen LogP contribution is 2.27. The number of carbonyl (C=O) groups is 1.